The van der Waals surface area contributed by atoms with Crippen LogP contribution >= 0.6 is 11.3 Å². The third-order valence-corrected chi connectivity index (χ3v) is 6.00. The van der Waals surface area contributed by atoms with Gasteiger partial charge in [-0.1, -0.05) is 12.1 Å². The monoisotopic (exact) mass is 401 g/mol. The molecule has 2 amide bonds. The average molecular weight is 402 g/mol. The first-order chi connectivity index (χ1) is 13.5. The first kappa shape index (κ1) is 20.5. The van der Waals surface area contributed by atoms with Crippen LogP contribution in [0.4, 0.5) is 0 Å². The van der Waals surface area contributed by atoms with Crippen molar-refractivity contribution >= 4 is 23.2 Å². The van der Waals surface area contributed by atoms with Crippen LogP contribution in [-0.2, 0) is 9.53 Å². The Morgan fingerprint density at radius 2 is 1.93 bits per heavy atom. The fourth-order valence-corrected chi connectivity index (χ4v) is 4.06. The predicted octanol–water partition coefficient (Wildman–Crippen LogP) is 2.28. The van der Waals surface area contributed by atoms with Crippen molar-refractivity contribution in [3.05, 3.63) is 57.3 Å². The maximum absolute atomic E-state index is 12.3. The molecule has 0 unspecified atom stereocenters. The highest BCUT2D eigenvalue weighted by molar-refractivity contribution is 7.10. The molecule has 1 fully saturated rings. The zero-order valence-electron chi connectivity index (χ0n) is 16.4. The molecule has 7 heteroatoms. The number of nitrogens with one attached hydrogen (secondary N) is 2. The van der Waals surface area contributed by atoms with E-state index in [2.05, 4.69) is 21.6 Å². The summed E-state index contributed by atoms with van der Waals surface area (Å²) in [5.41, 5.74) is 2.76. The summed E-state index contributed by atoms with van der Waals surface area (Å²) in [4.78, 5) is 28.1. The third-order valence-electron chi connectivity index (χ3n) is 5.03. The standard InChI is InChI=1S/C21H27N3O3S/c1-15-5-6-17(12-16(15)2)21(26)23-14-20(25)22-13-18(19-4-3-11-28-19)24-7-9-27-10-8-24/h3-6,11-12,18H,7-10,13-14H2,1-2H3,(H,22,25)(H,23,26)/t18-/m0/s1. The van der Waals surface area contributed by atoms with E-state index < -0.39 is 0 Å². The Labute approximate surface area is 169 Å². The number of hydrogen-bond acceptors (Lipinski definition) is 5. The lowest BCUT2D eigenvalue weighted by atomic mass is 10.1. The molecule has 1 aromatic carbocycles. The third kappa shape index (κ3) is 5.41. The fraction of sp³-hybridized carbons (Fsp3) is 0.429. The van der Waals surface area contributed by atoms with Gasteiger partial charge in [-0.2, -0.15) is 0 Å². The Kier molecular flexibility index (Phi) is 7.19. The molecule has 2 heterocycles. The Balaban J connectivity index is 1.51. The SMILES string of the molecule is Cc1ccc(C(=O)NCC(=O)NC[C@@H](c2cccs2)N2CCOCC2)cc1C. The number of benzene rings is 1. The summed E-state index contributed by atoms with van der Waals surface area (Å²) in [6.45, 7) is 7.57. The van der Waals surface area contributed by atoms with Crippen LogP contribution in [0, 0.1) is 13.8 Å². The maximum Gasteiger partial charge on any atom is 0.251 e. The van der Waals surface area contributed by atoms with Gasteiger partial charge < -0.3 is 15.4 Å². The van der Waals surface area contributed by atoms with Gasteiger partial charge in [-0.25, -0.2) is 0 Å². The van der Waals surface area contributed by atoms with Gasteiger partial charge >= 0.3 is 0 Å². The number of carbonyl (C=O) groups excluding carboxylic acids is 2. The molecule has 1 aromatic heterocycles. The fourth-order valence-electron chi connectivity index (χ4n) is 3.20. The zero-order chi connectivity index (χ0) is 19.9. The Morgan fingerprint density at radius 1 is 1.14 bits per heavy atom. The number of nitrogens with zero attached hydrogens (tertiary/aromatic N) is 1. The van der Waals surface area contributed by atoms with Crippen molar-refractivity contribution in [3.63, 3.8) is 0 Å². The van der Waals surface area contributed by atoms with Crippen LogP contribution in [0.25, 0.3) is 0 Å². The molecule has 0 saturated carbocycles. The lowest BCUT2D eigenvalue weighted by Gasteiger charge is -2.34. The molecule has 0 bridgehead atoms. The van der Waals surface area contributed by atoms with Gasteiger partial charge in [0.15, 0.2) is 0 Å². The molecule has 2 N–H and O–H groups in total. The van der Waals surface area contributed by atoms with Gasteiger partial charge in [0.05, 0.1) is 25.8 Å². The first-order valence-electron chi connectivity index (χ1n) is 9.52. The molecular formula is C21H27N3O3S. The van der Waals surface area contributed by atoms with E-state index in [0.717, 1.165) is 24.2 Å². The lowest BCUT2D eigenvalue weighted by molar-refractivity contribution is -0.120. The van der Waals surface area contributed by atoms with Crippen LogP contribution in [0.5, 0.6) is 0 Å². The molecule has 3 rings (SSSR count). The summed E-state index contributed by atoms with van der Waals surface area (Å²) < 4.78 is 5.44. The van der Waals surface area contributed by atoms with Gasteiger partial charge in [0.2, 0.25) is 5.91 Å². The van der Waals surface area contributed by atoms with Gasteiger partial charge in [0.1, 0.15) is 0 Å². The topological polar surface area (TPSA) is 70.7 Å². The van der Waals surface area contributed by atoms with E-state index in [1.165, 1.54) is 4.88 Å². The largest absolute Gasteiger partial charge is 0.379 e. The van der Waals surface area contributed by atoms with Gasteiger partial charge in [-0.05, 0) is 48.6 Å². The van der Waals surface area contributed by atoms with Gasteiger partial charge in [0.25, 0.3) is 5.91 Å². The molecular weight excluding hydrogens is 374 g/mol. The number of rotatable bonds is 7. The second kappa shape index (κ2) is 9.82. The van der Waals surface area contributed by atoms with E-state index in [1.807, 2.05) is 37.4 Å². The van der Waals surface area contributed by atoms with Gasteiger partial charge in [-0.15, -0.1) is 11.3 Å². The molecule has 2 aromatic rings. The highest BCUT2D eigenvalue weighted by atomic mass is 32.1. The smallest absolute Gasteiger partial charge is 0.251 e. The summed E-state index contributed by atoms with van der Waals surface area (Å²) in [6.07, 6.45) is 0. The number of amides is 2. The van der Waals surface area contributed by atoms with Crippen LogP contribution in [0.15, 0.2) is 35.7 Å². The van der Waals surface area contributed by atoms with Crippen molar-refractivity contribution in [2.75, 3.05) is 39.4 Å². The van der Waals surface area contributed by atoms with Crippen LogP contribution in [0.1, 0.15) is 32.4 Å². The molecule has 28 heavy (non-hydrogen) atoms. The van der Waals surface area contributed by atoms with Gasteiger partial charge in [0, 0.05) is 30.1 Å². The lowest BCUT2D eigenvalue weighted by Crippen LogP contribution is -2.45. The van der Waals surface area contributed by atoms with Crippen LogP contribution in [-0.4, -0.2) is 56.1 Å². The molecule has 0 aliphatic carbocycles. The van der Waals surface area contributed by atoms with Crippen molar-refractivity contribution in [1.82, 2.24) is 15.5 Å². The summed E-state index contributed by atoms with van der Waals surface area (Å²) in [6, 6.07) is 9.79. The summed E-state index contributed by atoms with van der Waals surface area (Å²) in [5, 5.41) is 7.72. The van der Waals surface area contributed by atoms with E-state index in [1.54, 1.807) is 17.4 Å². The highest BCUT2D eigenvalue weighted by Gasteiger charge is 2.24. The van der Waals surface area contributed by atoms with E-state index >= 15 is 0 Å². The number of aryl methyl sites for hydroxylation is 2. The Hall–Kier alpha value is -2.22. The number of thiophene rings is 1. The minimum absolute atomic E-state index is 0.0357. The molecule has 150 valence electrons. The summed E-state index contributed by atoms with van der Waals surface area (Å²) in [5.74, 6) is -0.423. The van der Waals surface area contributed by atoms with Crippen LogP contribution < -0.4 is 10.6 Å². The van der Waals surface area contributed by atoms with E-state index in [-0.39, 0.29) is 24.4 Å². The maximum atomic E-state index is 12.3. The highest BCUT2D eigenvalue weighted by Crippen LogP contribution is 2.25. The van der Waals surface area contributed by atoms with Crippen molar-refractivity contribution in [2.45, 2.75) is 19.9 Å². The molecule has 1 atom stereocenters. The number of morpholine rings is 1. The molecule has 0 radical (unpaired) electrons. The Bertz CT molecular complexity index is 801. The van der Waals surface area contributed by atoms with E-state index in [0.29, 0.717) is 25.3 Å². The number of ether oxygens (including phenoxy) is 1. The minimum atomic E-state index is -0.235. The second-order valence-corrected chi connectivity index (χ2v) is 7.94. The summed E-state index contributed by atoms with van der Waals surface area (Å²) >= 11 is 1.69. The quantitative estimate of drug-likeness (QED) is 0.747. The van der Waals surface area contributed by atoms with E-state index in [4.69, 9.17) is 4.74 Å². The van der Waals surface area contributed by atoms with Crippen LogP contribution in [0.3, 0.4) is 0 Å². The predicted molar refractivity (Wildman–Crippen MR) is 111 cm³/mol. The molecule has 1 saturated heterocycles. The van der Waals surface area contributed by atoms with Gasteiger partial charge in [-0.3, -0.25) is 14.5 Å². The van der Waals surface area contributed by atoms with Crippen LogP contribution in [0.2, 0.25) is 0 Å². The second-order valence-electron chi connectivity index (χ2n) is 6.97. The first-order valence-corrected chi connectivity index (χ1v) is 10.4. The number of hydrogen-bond donors (Lipinski definition) is 2. The minimum Gasteiger partial charge on any atom is -0.379 e. The Morgan fingerprint density at radius 3 is 2.61 bits per heavy atom. The zero-order valence-corrected chi connectivity index (χ0v) is 17.2. The molecule has 1 aliphatic heterocycles. The molecule has 0 spiro atoms. The van der Waals surface area contributed by atoms with E-state index in [9.17, 15) is 9.59 Å². The van der Waals surface area contributed by atoms with Crippen molar-refractivity contribution in [3.8, 4) is 0 Å². The summed E-state index contributed by atoms with van der Waals surface area (Å²) in [7, 11) is 0. The molecule has 1 aliphatic rings. The molecule has 6 nitrogen and oxygen atoms in total. The normalized spacial score (nSPS) is 15.8. The number of carbonyl (C=O) groups is 2. The van der Waals surface area contributed by atoms with Crippen molar-refractivity contribution in [1.29, 1.82) is 0 Å². The van der Waals surface area contributed by atoms with Crippen molar-refractivity contribution in [2.24, 2.45) is 0 Å². The average Bonchev–Trinajstić information content (AvgIpc) is 3.23. The van der Waals surface area contributed by atoms with Crippen molar-refractivity contribution < 1.29 is 14.3 Å².